The quantitative estimate of drug-likeness (QED) is 0.502. The number of hydrogen-bond acceptors (Lipinski definition) is 5. The second-order valence-corrected chi connectivity index (χ2v) is 4.35. The third kappa shape index (κ3) is 3.52. The zero-order valence-electron chi connectivity index (χ0n) is 10.9. The van der Waals surface area contributed by atoms with Crippen molar-refractivity contribution in [3.05, 3.63) is 41.0 Å². The van der Waals surface area contributed by atoms with Crippen LogP contribution in [0.1, 0.15) is 23.0 Å². The minimum absolute atomic E-state index is 0.0587. The minimum Gasteiger partial charge on any atom is -0.271 e. The number of halogens is 4. The highest BCUT2D eigenvalue weighted by Crippen LogP contribution is 2.35. The Labute approximate surface area is 116 Å². The molecule has 1 unspecified atom stereocenters. The summed E-state index contributed by atoms with van der Waals surface area (Å²) in [6, 6.07) is 1.23. The zero-order chi connectivity index (χ0) is 15.6. The molecule has 0 saturated heterocycles. The summed E-state index contributed by atoms with van der Waals surface area (Å²) < 4.78 is 52.2. The molecule has 6 nitrogen and oxygen atoms in total. The lowest BCUT2D eigenvalue weighted by Gasteiger charge is -2.20. The van der Waals surface area contributed by atoms with Crippen molar-refractivity contribution in [2.75, 3.05) is 0 Å². The summed E-state index contributed by atoms with van der Waals surface area (Å²) in [5.74, 6) is 4.70. The fraction of sp³-hybridized carbons (Fsp3) is 0.364. The number of hydrazine groups is 1. The maximum atomic E-state index is 13.3. The molecule has 0 aliphatic carbocycles. The molecule has 1 aromatic heterocycles. The van der Waals surface area contributed by atoms with Crippen molar-refractivity contribution in [2.24, 2.45) is 12.9 Å². The number of benzene rings is 1. The van der Waals surface area contributed by atoms with Gasteiger partial charge in [0.1, 0.15) is 5.82 Å². The van der Waals surface area contributed by atoms with Crippen LogP contribution in [0.25, 0.3) is 0 Å². The first-order chi connectivity index (χ1) is 9.81. The fourth-order valence-electron chi connectivity index (χ4n) is 1.93. The van der Waals surface area contributed by atoms with Crippen molar-refractivity contribution >= 4 is 0 Å². The van der Waals surface area contributed by atoms with E-state index in [4.69, 9.17) is 5.84 Å². The van der Waals surface area contributed by atoms with Gasteiger partial charge >= 0.3 is 6.18 Å². The van der Waals surface area contributed by atoms with Crippen LogP contribution >= 0.6 is 0 Å². The molecule has 1 heterocycles. The molecular weight excluding hydrogens is 292 g/mol. The Morgan fingerprint density at radius 3 is 2.62 bits per heavy atom. The molecule has 0 amide bonds. The van der Waals surface area contributed by atoms with E-state index in [0.717, 1.165) is 12.1 Å². The number of nitrogens with zero attached hydrogens (tertiary/aromatic N) is 4. The van der Waals surface area contributed by atoms with Crippen molar-refractivity contribution < 1.29 is 17.6 Å². The Hall–Kier alpha value is -2.07. The zero-order valence-corrected chi connectivity index (χ0v) is 10.9. The first-order valence-electron chi connectivity index (χ1n) is 5.87. The van der Waals surface area contributed by atoms with Crippen LogP contribution in [-0.2, 0) is 19.6 Å². The first kappa shape index (κ1) is 15.3. The molecule has 0 radical (unpaired) electrons. The second kappa shape index (κ2) is 5.74. The van der Waals surface area contributed by atoms with E-state index < -0.39 is 23.6 Å². The normalized spacial score (nSPS) is 13.4. The topological polar surface area (TPSA) is 81.7 Å². The molecule has 2 rings (SSSR count). The van der Waals surface area contributed by atoms with Crippen LogP contribution in [-0.4, -0.2) is 20.2 Å². The number of nitrogens with two attached hydrogens (primary N) is 1. The summed E-state index contributed by atoms with van der Waals surface area (Å²) >= 11 is 0. The summed E-state index contributed by atoms with van der Waals surface area (Å²) in [7, 11) is 1.52. The minimum atomic E-state index is -4.62. The van der Waals surface area contributed by atoms with Crippen LogP contribution in [0, 0.1) is 5.82 Å². The molecule has 21 heavy (non-hydrogen) atoms. The third-order valence-electron chi connectivity index (χ3n) is 2.83. The van der Waals surface area contributed by atoms with E-state index in [1.807, 2.05) is 0 Å². The molecule has 1 atom stereocenters. The number of aromatic nitrogens is 4. The van der Waals surface area contributed by atoms with E-state index in [9.17, 15) is 17.6 Å². The van der Waals surface area contributed by atoms with Crippen molar-refractivity contribution in [3.8, 4) is 0 Å². The molecule has 0 saturated carbocycles. The van der Waals surface area contributed by atoms with Gasteiger partial charge < -0.3 is 0 Å². The third-order valence-corrected chi connectivity index (χ3v) is 2.83. The molecule has 0 bridgehead atoms. The average Bonchev–Trinajstić information content (AvgIpc) is 2.80. The van der Waals surface area contributed by atoms with Crippen LogP contribution < -0.4 is 11.3 Å². The van der Waals surface area contributed by atoms with Crippen molar-refractivity contribution in [1.82, 2.24) is 25.6 Å². The van der Waals surface area contributed by atoms with E-state index in [2.05, 4.69) is 20.8 Å². The van der Waals surface area contributed by atoms with Gasteiger partial charge in [0.15, 0.2) is 5.82 Å². The molecule has 3 N–H and O–H groups in total. The fourth-order valence-corrected chi connectivity index (χ4v) is 1.93. The smallest absolute Gasteiger partial charge is 0.271 e. The predicted molar refractivity (Wildman–Crippen MR) is 64.0 cm³/mol. The number of nitrogens with one attached hydrogen (secondary N) is 1. The van der Waals surface area contributed by atoms with E-state index >= 15 is 0 Å². The number of tetrazole rings is 1. The summed E-state index contributed by atoms with van der Waals surface area (Å²) in [6.45, 7) is 0. The van der Waals surface area contributed by atoms with Gasteiger partial charge in [-0.05, 0) is 29.0 Å². The average molecular weight is 304 g/mol. The summed E-state index contributed by atoms with van der Waals surface area (Å²) in [4.78, 5) is 1.17. The maximum Gasteiger partial charge on any atom is 0.416 e. The highest BCUT2D eigenvalue weighted by molar-refractivity contribution is 5.33. The Morgan fingerprint density at radius 1 is 1.38 bits per heavy atom. The molecule has 114 valence electrons. The van der Waals surface area contributed by atoms with Crippen molar-refractivity contribution in [3.63, 3.8) is 0 Å². The molecule has 0 fully saturated rings. The van der Waals surface area contributed by atoms with Crippen LogP contribution in [0.4, 0.5) is 17.6 Å². The summed E-state index contributed by atoms with van der Waals surface area (Å²) in [5.41, 5.74) is 0.962. The van der Waals surface area contributed by atoms with Gasteiger partial charge in [0.05, 0.1) is 18.7 Å². The van der Waals surface area contributed by atoms with Crippen LogP contribution in [0.3, 0.4) is 0 Å². The SMILES string of the molecule is Cn1nnc(CC(NN)c2cc(F)ccc2C(F)(F)F)n1. The molecule has 2 aromatic rings. The maximum absolute atomic E-state index is 13.3. The standard InChI is InChI=1S/C11H12F4N6/c1-21-19-10(18-20-21)5-9(17-16)7-4-6(12)2-3-8(7)11(13,14)15/h2-4,9,17H,5,16H2,1H3. The van der Waals surface area contributed by atoms with Gasteiger partial charge in [-0.3, -0.25) is 11.3 Å². The van der Waals surface area contributed by atoms with Gasteiger partial charge in [0.2, 0.25) is 0 Å². The Balaban J connectivity index is 2.39. The number of rotatable bonds is 4. The van der Waals surface area contributed by atoms with Gasteiger partial charge in [-0.1, -0.05) is 0 Å². The van der Waals surface area contributed by atoms with Gasteiger partial charge in [0, 0.05) is 6.42 Å². The number of alkyl halides is 3. The van der Waals surface area contributed by atoms with Gasteiger partial charge in [-0.2, -0.15) is 18.0 Å². The predicted octanol–water partition coefficient (Wildman–Crippen LogP) is 1.12. The van der Waals surface area contributed by atoms with Crippen LogP contribution in [0.2, 0.25) is 0 Å². The highest BCUT2D eigenvalue weighted by atomic mass is 19.4. The Morgan fingerprint density at radius 2 is 2.10 bits per heavy atom. The van der Waals surface area contributed by atoms with E-state index in [1.165, 1.54) is 11.8 Å². The highest BCUT2D eigenvalue weighted by Gasteiger charge is 2.35. The largest absolute Gasteiger partial charge is 0.416 e. The molecule has 1 aromatic carbocycles. The van der Waals surface area contributed by atoms with E-state index in [1.54, 1.807) is 0 Å². The first-order valence-corrected chi connectivity index (χ1v) is 5.87. The molecule has 10 heteroatoms. The number of aryl methyl sites for hydroxylation is 1. The van der Waals surface area contributed by atoms with E-state index in [-0.39, 0.29) is 17.8 Å². The molecule has 0 aliphatic rings. The molecule has 0 spiro atoms. The second-order valence-electron chi connectivity index (χ2n) is 4.35. The summed E-state index contributed by atoms with van der Waals surface area (Å²) in [6.07, 6.45) is -4.68. The Kier molecular flexibility index (Phi) is 4.19. The van der Waals surface area contributed by atoms with Crippen molar-refractivity contribution in [1.29, 1.82) is 0 Å². The van der Waals surface area contributed by atoms with Gasteiger partial charge in [0.25, 0.3) is 0 Å². The van der Waals surface area contributed by atoms with E-state index in [0.29, 0.717) is 6.07 Å². The summed E-state index contributed by atoms with van der Waals surface area (Å²) in [5, 5.41) is 11.1. The van der Waals surface area contributed by atoms with Crippen LogP contribution in [0.5, 0.6) is 0 Å². The number of hydrogen-bond donors (Lipinski definition) is 2. The Bertz CT molecular complexity index is 623. The lowest BCUT2D eigenvalue weighted by atomic mass is 9.97. The molecule has 0 aliphatic heterocycles. The van der Waals surface area contributed by atoms with Crippen LogP contribution in [0.15, 0.2) is 18.2 Å². The molecular formula is C11H12F4N6. The lowest BCUT2D eigenvalue weighted by Crippen LogP contribution is -2.31. The lowest BCUT2D eigenvalue weighted by molar-refractivity contribution is -0.138. The van der Waals surface area contributed by atoms with Gasteiger partial charge in [-0.25, -0.2) is 4.39 Å². The van der Waals surface area contributed by atoms with Crippen molar-refractivity contribution in [2.45, 2.75) is 18.6 Å². The van der Waals surface area contributed by atoms with Gasteiger partial charge in [-0.15, -0.1) is 10.2 Å². The monoisotopic (exact) mass is 304 g/mol.